The highest BCUT2D eigenvalue weighted by atomic mass is 35.5. The molecule has 2 amide bonds. The molecule has 0 fully saturated rings. The van der Waals surface area contributed by atoms with Crippen molar-refractivity contribution in [2.75, 3.05) is 17.1 Å². The molecule has 0 bridgehead atoms. The molecule has 0 aliphatic carbocycles. The third-order valence-corrected chi connectivity index (χ3v) is 7.37. The molecule has 2 aromatic carbocycles. The Labute approximate surface area is 212 Å². The Kier molecular flexibility index (Phi) is 9.79. The van der Waals surface area contributed by atoms with Gasteiger partial charge in [-0.05, 0) is 62.6 Å². The van der Waals surface area contributed by atoms with Gasteiger partial charge in [0.2, 0.25) is 21.8 Å². The minimum Gasteiger partial charge on any atom is -0.352 e. The summed E-state index contributed by atoms with van der Waals surface area (Å²) in [7, 11) is -3.83. The van der Waals surface area contributed by atoms with Crippen LogP contribution in [-0.2, 0) is 26.2 Å². The molecular formula is C24H31Cl2N3O4S. The van der Waals surface area contributed by atoms with Crippen molar-refractivity contribution in [3.63, 3.8) is 0 Å². The number of carbonyl (C=O) groups is 2. The summed E-state index contributed by atoms with van der Waals surface area (Å²) < 4.78 is 26.3. The van der Waals surface area contributed by atoms with E-state index in [4.69, 9.17) is 23.2 Å². The molecule has 7 nitrogen and oxygen atoms in total. The van der Waals surface area contributed by atoms with E-state index in [1.165, 1.54) is 4.90 Å². The molecule has 0 spiro atoms. The molecule has 0 saturated carbocycles. The van der Waals surface area contributed by atoms with Crippen LogP contribution in [0.15, 0.2) is 42.5 Å². The first-order valence-corrected chi connectivity index (χ1v) is 13.5. The van der Waals surface area contributed by atoms with Crippen LogP contribution in [-0.4, -0.2) is 50.0 Å². The lowest BCUT2D eigenvalue weighted by molar-refractivity contribution is -0.139. The zero-order chi connectivity index (χ0) is 25.6. The van der Waals surface area contributed by atoms with Crippen molar-refractivity contribution in [1.82, 2.24) is 10.2 Å². The van der Waals surface area contributed by atoms with E-state index in [1.807, 2.05) is 13.8 Å². The topological polar surface area (TPSA) is 86.8 Å². The Hall–Kier alpha value is -2.29. The smallest absolute Gasteiger partial charge is 0.244 e. The lowest BCUT2D eigenvalue weighted by atomic mass is 10.1. The fourth-order valence-electron chi connectivity index (χ4n) is 3.34. The normalized spacial score (nSPS) is 13.1. The molecular weight excluding hydrogens is 497 g/mol. The van der Waals surface area contributed by atoms with Gasteiger partial charge in [-0.3, -0.25) is 13.9 Å². The van der Waals surface area contributed by atoms with E-state index in [2.05, 4.69) is 5.32 Å². The van der Waals surface area contributed by atoms with Gasteiger partial charge in [0, 0.05) is 22.6 Å². The summed E-state index contributed by atoms with van der Waals surface area (Å²) in [4.78, 5) is 27.8. The number of benzene rings is 2. The number of hydrogen-bond donors (Lipinski definition) is 1. The summed E-state index contributed by atoms with van der Waals surface area (Å²) in [6.45, 7) is 6.73. The van der Waals surface area contributed by atoms with Crippen molar-refractivity contribution in [2.24, 2.45) is 0 Å². The summed E-state index contributed by atoms with van der Waals surface area (Å²) in [5.41, 5.74) is 1.56. The predicted molar refractivity (Wildman–Crippen MR) is 138 cm³/mol. The zero-order valence-corrected chi connectivity index (χ0v) is 22.3. The van der Waals surface area contributed by atoms with Crippen molar-refractivity contribution in [3.8, 4) is 0 Å². The average molecular weight is 529 g/mol. The van der Waals surface area contributed by atoms with Crippen LogP contribution in [0.2, 0.25) is 10.0 Å². The largest absolute Gasteiger partial charge is 0.352 e. The molecule has 0 aromatic heterocycles. The summed E-state index contributed by atoms with van der Waals surface area (Å²) >= 11 is 12.3. The van der Waals surface area contributed by atoms with Gasteiger partial charge in [0.05, 0.1) is 11.9 Å². The highest BCUT2D eigenvalue weighted by Crippen LogP contribution is 2.28. The molecule has 2 atom stereocenters. The number of nitrogens with one attached hydrogen (secondary N) is 1. The highest BCUT2D eigenvalue weighted by Gasteiger charge is 2.31. The molecule has 0 saturated heterocycles. The molecule has 0 aliphatic heterocycles. The number of sulfonamides is 1. The standard InChI is InChI=1S/C24H31Cl2N3O4S/c1-6-16(2)27-24(31)18(4)28(14-19-9-7-10-20(25)13-19)23(30)15-29(34(5,32)33)22-12-8-11-21(26)17(22)3/h7-13,16,18H,6,14-15H2,1-5H3,(H,27,31). The zero-order valence-electron chi connectivity index (χ0n) is 20.0. The fraction of sp³-hybridized carbons (Fsp3) is 0.417. The third-order valence-electron chi connectivity index (χ3n) is 5.60. The average Bonchev–Trinajstić information content (AvgIpc) is 2.76. The van der Waals surface area contributed by atoms with Gasteiger partial charge in [-0.15, -0.1) is 0 Å². The number of carbonyl (C=O) groups excluding carboxylic acids is 2. The maximum absolute atomic E-state index is 13.5. The second kappa shape index (κ2) is 11.9. The van der Waals surface area contributed by atoms with E-state index in [0.717, 1.165) is 17.0 Å². The highest BCUT2D eigenvalue weighted by molar-refractivity contribution is 7.92. The Morgan fingerprint density at radius 2 is 1.74 bits per heavy atom. The van der Waals surface area contributed by atoms with Crippen LogP contribution in [0.5, 0.6) is 0 Å². The third kappa shape index (κ3) is 7.35. The van der Waals surface area contributed by atoms with Crippen LogP contribution in [0, 0.1) is 6.92 Å². The van der Waals surface area contributed by atoms with Crippen LogP contribution in [0.3, 0.4) is 0 Å². The van der Waals surface area contributed by atoms with E-state index in [9.17, 15) is 18.0 Å². The van der Waals surface area contributed by atoms with Gasteiger partial charge in [-0.2, -0.15) is 0 Å². The van der Waals surface area contributed by atoms with E-state index >= 15 is 0 Å². The number of halogens is 2. The summed E-state index contributed by atoms with van der Waals surface area (Å²) in [6.07, 6.45) is 1.76. The lowest BCUT2D eigenvalue weighted by Gasteiger charge is -2.32. The summed E-state index contributed by atoms with van der Waals surface area (Å²) in [5.74, 6) is -0.855. The first kappa shape index (κ1) is 28.0. The molecule has 1 N–H and O–H groups in total. The number of anilines is 1. The lowest BCUT2D eigenvalue weighted by Crippen LogP contribution is -2.52. The molecule has 0 aliphatic rings. The minimum absolute atomic E-state index is 0.0697. The maximum Gasteiger partial charge on any atom is 0.244 e. The van der Waals surface area contributed by atoms with E-state index in [-0.39, 0.29) is 18.5 Å². The minimum atomic E-state index is -3.83. The first-order valence-electron chi connectivity index (χ1n) is 10.9. The van der Waals surface area contributed by atoms with Crippen LogP contribution in [0.25, 0.3) is 0 Å². The number of hydrogen-bond acceptors (Lipinski definition) is 4. The number of nitrogens with zero attached hydrogens (tertiary/aromatic N) is 2. The van der Waals surface area contributed by atoms with Crippen molar-refractivity contribution in [3.05, 3.63) is 63.6 Å². The quantitative estimate of drug-likeness (QED) is 0.495. The molecule has 0 heterocycles. The molecule has 34 heavy (non-hydrogen) atoms. The Morgan fingerprint density at radius 1 is 1.09 bits per heavy atom. The molecule has 2 unspecified atom stereocenters. The van der Waals surface area contributed by atoms with Crippen molar-refractivity contribution in [2.45, 2.75) is 52.7 Å². The van der Waals surface area contributed by atoms with Gasteiger partial charge >= 0.3 is 0 Å². The first-order chi connectivity index (χ1) is 15.8. The van der Waals surface area contributed by atoms with Crippen molar-refractivity contribution >= 4 is 50.7 Å². The maximum atomic E-state index is 13.5. The van der Waals surface area contributed by atoms with Crippen LogP contribution in [0.4, 0.5) is 5.69 Å². The molecule has 2 rings (SSSR count). The van der Waals surface area contributed by atoms with Crippen LogP contribution < -0.4 is 9.62 Å². The molecule has 0 radical (unpaired) electrons. The van der Waals surface area contributed by atoms with Crippen molar-refractivity contribution in [1.29, 1.82) is 0 Å². The van der Waals surface area contributed by atoms with Gasteiger partial charge in [0.25, 0.3) is 0 Å². The monoisotopic (exact) mass is 527 g/mol. The van der Waals surface area contributed by atoms with Gasteiger partial charge in [-0.25, -0.2) is 8.42 Å². The predicted octanol–water partition coefficient (Wildman–Crippen LogP) is 4.40. The Bertz CT molecular complexity index is 1140. The Morgan fingerprint density at radius 3 is 2.32 bits per heavy atom. The summed E-state index contributed by atoms with van der Waals surface area (Å²) in [5, 5.41) is 3.76. The molecule has 10 heteroatoms. The SMILES string of the molecule is CCC(C)NC(=O)C(C)N(Cc1cccc(Cl)c1)C(=O)CN(c1cccc(Cl)c1C)S(C)(=O)=O. The van der Waals surface area contributed by atoms with Crippen LogP contribution >= 0.6 is 23.2 Å². The molecule has 186 valence electrons. The van der Waals surface area contributed by atoms with E-state index in [1.54, 1.807) is 56.3 Å². The number of amides is 2. The second-order valence-corrected chi connectivity index (χ2v) is 11.0. The molecule has 2 aromatic rings. The Balaban J connectivity index is 2.43. The fourth-order valence-corrected chi connectivity index (χ4v) is 4.62. The van der Waals surface area contributed by atoms with Gasteiger partial charge in [-0.1, -0.05) is 48.3 Å². The second-order valence-electron chi connectivity index (χ2n) is 8.30. The van der Waals surface area contributed by atoms with Crippen LogP contribution in [0.1, 0.15) is 38.3 Å². The van der Waals surface area contributed by atoms with Crippen molar-refractivity contribution < 1.29 is 18.0 Å². The van der Waals surface area contributed by atoms with Gasteiger partial charge < -0.3 is 10.2 Å². The van der Waals surface area contributed by atoms with Gasteiger partial charge in [0.15, 0.2) is 0 Å². The van der Waals surface area contributed by atoms with Gasteiger partial charge in [0.1, 0.15) is 12.6 Å². The number of rotatable bonds is 10. The van der Waals surface area contributed by atoms with E-state index in [0.29, 0.717) is 26.9 Å². The van der Waals surface area contributed by atoms with E-state index < -0.39 is 28.5 Å². The summed E-state index contributed by atoms with van der Waals surface area (Å²) in [6, 6.07) is 10.9.